The largest absolute Gasteiger partial charge is 0.465 e. The van der Waals surface area contributed by atoms with Crippen molar-refractivity contribution in [2.75, 3.05) is 0 Å². The Kier molecular flexibility index (Phi) is 3.37. The van der Waals surface area contributed by atoms with Crippen LogP contribution >= 0.6 is 0 Å². The van der Waals surface area contributed by atoms with Gasteiger partial charge in [-0.1, -0.05) is 0 Å². The molecule has 1 amide bonds. The SMILES string of the molecule is Cc1oc(C)c(C(=O)O[C@@H](C)C(N)=O)c1C. The first-order chi connectivity index (χ1) is 7.34. The number of ether oxygens (including phenoxy) is 1. The smallest absolute Gasteiger partial charge is 0.342 e. The minimum absolute atomic E-state index is 0.366. The summed E-state index contributed by atoms with van der Waals surface area (Å²) < 4.78 is 10.2. The van der Waals surface area contributed by atoms with E-state index >= 15 is 0 Å². The molecule has 5 nitrogen and oxygen atoms in total. The lowest BCUT2D eigenvalue weighted by Crippen LogP contribution is -2.30. The van der Waals surface area contributed by atoms with E-state index in [9.17, 15) is 9.59 Å². The van der Waals surface area contributed by atoms with Crippen molar-refractivity contribution >= 4 is 11.9 Å². The maximum absolute atomic E-state index is 11.7. The summed E-state index contributed by atoms with van der Waals surface area (Å²) in [5, 5.41) is 0. The number of nitrogens with two attached hydrogens (primary N) is 1. The van der Waals surface area contributed by atoms with Gasteiger partial charge in [-0.15, -0.1) is 0 Å². The minimum atomic E-state index is -0.943. The van der Waals surface area contributed by atoms with E-state index in [-0.39, 0.29) is 0 Å². The Hall–Kier alpha value is -1.78. The second kappa shape index (κ2) is 4.38. The highest BCUT2D eigenvalue weighted by Crippen LogP contribution is 2.21. The number of carbonyl (C=O) groups excluding carboxylic acids is 2. The van der Waals surface area contributed by atoms with Crippen molar-refractivity contribution in [1.29, 1.82) is 0 Å². The Morgan fingerprint density at radius 2 is 1.81 bits per heavy atom. The Labute approximate surface area is 93.6 Å². The first kappa shape index (κ1) is 12.3. The summed E-state index contributed by atoms with van der Waals surface area (Å²) in [5.74, 6) is -0.116. The standard InChI is InChI=1S/C11H15NO4/c1-5-6(2)15-7(3)9(5)11(14)16-8(4)10(12)13/h8H,1-4H3,(H2,12,13)/t8-/m0/s1. The summed E-state index contributed by atoms with van der Waals surface area (Å²) in [6.07, 6.45) is -0.943. The average molecular weight is 225 g/mol. The molecule has 0 aromatic carbocycles. The first-order valence-corrected chi connectivity index (χ1v) is 4.91. The second-order valence-electron chi connectivity index (χ2n) is 3.66. The Morgan fingerprint density at radius 1 is 1.25 bits per heavy atom. The number of carbonyl (C=O) groups is 2. The minimum Gasteiger partial charge on any atom is -0.465 e. The molecule has 1 aromatic heterocycles. The van der Waals surface area contributed by atoms with Crippen LogP contribution in [0.4, 0.5) is 0 Å². The molecule has 1 heterocycles. The van der Waals surface area contributed by atoms with Gasteiger partial charge in [-0.3, -0.25) is 4.79 Å². The number of hydrogen-bond donors (Lipinski definition) is 1. The predicted octanol–water partition coefficient (Wildman–Crippen LogP) is 1.24. The van der Waals surface area contributed by atoms with E-state index in [0.29, 0.717) is 17.1 Å². The highest BCUT2D eigenvalue weighted by molar-refractivity contribution is 5.94. The molecule has 5 heteroatoms. The molecule has 1 aromatic rings. The molecule has 2 N–H and O–H groups in total. The average Bonchev–Trinajstić information content (AvgIpc) is 2.40. The number of hydrogen-bond acceptors (Lipinski definition) is 4. The monoisotopic (exact) mass is 225 g/mol. The van der Waals surface area contributed by atoms with Crippen LogP contribution in [0.1, 0.15) is 34.4 Å². The van der Waals surface area contributed by atoms with Gasteiger partial charge in [0.1, 0.15) is 17.1 Å². The van der Waals surface area contributed by atoms with Gasteiger partial charge in [-0.05, 0) is 27.7 Å². The highest BCUT2D eigenvalue weighted by Gasteiger charge is 2.23. The summed E-state index contributed by atoms with van der Waals surface area (Å²) >= 11 is 0. The molecular formula is C11H15NO4. The Morgan fingerprint density at radius 3 is 2.19 bits per heavy atom. The zero-order valence-corrected chi connectivity index (χ0v) is 9.79. The van der Waals surface area contributed by atoms with Gasteiger partial charge in [0.25, 0.3) is 5.91 Å². The van der Waals surface area contributed by atoms with Crippen LogP contribution in [0.5, 0.6) is 0 Å². The van der Waals surface area contributed by atoms with Crippen LogP contribution in [0, 0.1) is 20.8 Å². The van der Waals surface area contributed by atoms with Crippen molar-refractivity contribution in [2.45, 2.75) is 33.8 Å². The van der Waals surface area contributed by atoms with Gasteiger partial charge in [0.05, 0.1) is 0 Å². The van der Waals surface area contributed by atoms with E-state index in [4.69, 9.17) is 14.9 Å². The number of esters is 1. The van der Waals surface area contributed by atoms with Crippen molar-refractivity contribution in [2.24, 2.45) is 5.73 Å². The zero-order chi connectivity index (χ0) is 12.5. The molecule has 0 spiro atoms. The molecule has 0 saturated carbocycles. The molecular weight excluding hydrogens is 210 g/mol. The molecule has 1 rings (SSSR count). The van der Waals surface area contributed by atoms with Crippen molar-refractivity contribution in [3.8, 4) is 0 Å². The van der Waals surface area contributed by atoms with Crippen LogP contribution in [-0.2, 0) is 9.53 Å². The van der Waals surface area contributed by atoms with Crippen LogP contribution in [0.25, 0.3) is 0 Å². The molecule has 0 aliphatic carbocycles. The van der Waals surface area contributed by atoms with Crippen LogP contribution in [0.3, 0.4) is 0 Å². The van der Waals surface area contributed by atoms with Crippen molar-refractivity contribution in [1.82, 2.24) is 0 Å². The fourth-order valence-electron chi connectivity index (χ4n) is 1.37. The van der Waals surface area contributed by atoms with Gasteiger partial charge in [0.15, 0.2) is 6.10 Å². The van der Waals surface area contributed by atoms with Crippen LogP contribution in [0.2, 0.25) is 0 Å². The predicted molar refractivity (Wildman–Crippen MR) is 57.0 cm³/mol. The normalized spacial score (nSPS) is 12.2. The van der Waals surface area contributed by atoms with Crippen LogP contribution in [0.15, 0.2) is 4.42 Å². The summed E-state index contributed by atoms with van der Waals surface area (Å²) in [5.41, 5.74) is 6.09. The number of furan rings is 1. The van der Waals surface area contributed by atoms with Gasteiger partial charge in [-0.25, -0.2) is 4.79 Å². The number of rotatable bonds is 3. The maximum atomic E-state index is 11.7. The third kappa shape index (κ3) is 2.24. The number of aryl methyl sites for hydroxylation is 2. The third-order valence-corrected chi connectivity index (χ3v) is 2.45. The van der Waals surface area contributed by atoms with Crippen LogP contribution in [-0.4, -0.2) is 18.0 Å². The molecule has 0 aliphatic rings. The third-order valence-electron chi connectivity index (χ3n) is 2.45. The van der Waals surface area contributed by atoms with Gasteiger partial charge < -0.3 is 14.9 Å². The quantitative estimate of drug-likeness (QED) is 0.784. The lowest BCUT2D eigenvalue weighted by molar-refractivity contribution is -0.125. The molecule has 0 bridgehead atoms. The maximum Gasteiger partial charge on any atom is 0.342 e. The Bertz CT molecular complexity index is 433. The molecule has 88 valence electrons. The molecule has 0 fully saturated rings. The lowest BCUT2D eigenvalue weighted by atomic mass is 10.1. The summed E-state index contributed by atoms with van der Waals surface area (Å²) in [7, 11) is 0. The summed E-state index contributed by atoms with van der Waals surface area (Å²) in [6, 6.07) is 0. The van der Waals surface area contributed by atoms with E-state index in [2.05, 4.69) is 0 Å². The van der Waals surface area contributed by atoms with E-state index in [1.807, 2.05) is 0 Å². The van der Waals surface area contributed by atoms with Gasteiger partial charge in [0, 0.05) is 5.56 Å². The van der Waals surface area contributed by atoms with E-state index in [1.165, 1.54) is 6.92 Å². The summed E-state index contributed by atoms with van der Waals surface area (Å²) in [4.78, 5) is 22.5. The van der Waals surface area contributed by atoms with E-state index < -0.39 is 18.0 Å². The lowest BCUT2D eigenvalue weighted by Gasteiger charge is -2.09. The van der Waals surface area contributed by atoms with Crippen LogP contribution < -0.4 is 5.73 Å². The molecule has 0 unspecified atom stereocenters. The van der Waals surface area contributed by atoms with Gasteiger partial charge >= 0.3 is 5.97 Å². The topological polar surface area (TPSA) is 82.5 Å². The van der Waals surface area contributed by atoms with E-state index in [0.717, 1.165) is 5.56 Å². The number of amides is 1. The molecule has 0 radical (unpaired) electrons. The molecule has 0 saturated heterocycles. The fraction of sp³-hybridized carbons (Fsp3) is 0.455. The van der Waals surface area contributed by atoms with E-state index in [1.54, 1.807) is 20.8 Å². The number of primary amides is 1. The van der Waals surface area contributed by atoms with Gasteiger partial charge in [-0.2, -0.15) is 0 Å². The first-order valence-electron chi connectivity index (χ1n) is 4.91. The molecule has 16 heavy (non-hydrogen) atoms. The molecule has 0 aliphatic heterocycles. The van der Waals surface area contributed by atoms with Gasteiger partial charge in [0.2, 0.25) is 0 Å². The molecule has 1 atom stereocenters. The fourth-order valence-corrected chi connectivity index (χ4v) is 1.37. The highest BCUT2D eigenvalue weighted by atomic mass is 16.5. The van der Waals surface area contributed by atoms with Crippen molar-refractivity contribution in [3.63, 3.8) is 0 Å². The summed E-state index contributed by atoms with van der Waals surface area (Å²) in [6.45, 7) is 6.62. The zero-order valence-electron chi connectivity index (χ0n) is 9.79. The second-order valence-corrected chi connectivity index (χ2v) is 3.66. The van der Waals surface area contributed by atoms with Crippen molar-refractivity contribution in [3.05, 3.63) is 22.6 Å². The Balaban J connectivity index is 2.93. The van der Waals surface area contributed by atoms with Crippen molar-refractivity contribution < 1.29 is 18.7 Å².